The van der Waals surface area contributed by atoms with Crippen molar-refractivity contribution in [3.05, 3.63) is 24.2 Å². The third-order valence-corrected chi connectivity index (χ3v) is 3.53. The highest BCUT2D eigenvalue weighted by atomic mass is 15.1. The Morgan fingerprint density at radius 1 is 1.44 bits per heavy atom. The summed E-state index contributed by atoms with van der Waals surface area (Å²) in [5, 5.41) is 0. The van der Waals surface area contributed by atoms with Crippen LogP contribution in [0.1, 0.15) is 31.0 Å². The van der Waals surface area contributed by atoms with Gasteiger partial charge in [-0.2, -0.15) is 0 Å². The van der Waals surface area contributed by atoms with E-state index >= 15 is 0 Å². The van der Waals surface area contributed by atoms with Gasteiger partial charge in [0.1, 0.15) is 5.82 Å². The van der Waals surface area contributed by atoms with Gasteiger partial charge in [-0.25, -0.2) is 9.97 Å². The van der Waals surface area contributed by atoms with Crippen LogP contribution in [-0.2, 0) is 7.05 Å². The molecule has 2 atom stereocenters. The van der Waals surface area contributed by atoms with Crippen LogP contribution >= 0.6 is 0 Å². The average molecular weight is 216 g/mol. The summed E-state index contributed by atoms with van der Waals surface area (Å²) in [7, 11) is 2.07. The first-order chi connectivity index (χ1) is 7.75. The molecule has 16 heavy (non-hydrogen) atoms. The van der Waals surface area contributed by atoms with Gasteiger partial charge in [-0.3, -0.25) is 0 Å². The number of nitrogens with two attached hydrogens (primary N) is 1. The van der Waals surface area contributed by atoms with Crippen LogP contribution in [0.25, 0.3) is 11.2 Å². The zero-order valence-corrected chi connectivity index (χ0v) is 9.43. The molecule has 1 aliphatic rings. The van der Waals surface area contributed by atoms with Crippen LogP contribution in [0.4, 0.5) is 0 Å². The third kappa shape index (κ3) is 1.41. The second kappa shape index (κ2) is 3.56. The van der Waals surface area contributed by atoms with Gasteiger partial charge >= 0.3 is 0 Å². The Labute approximate surface area is 94.5 Å². The Morgan fingerprint density at radius 3 is 3.00 bits per heavy atom. The minimum atomic E-state index is 0.345. The monoisotopic (exact) mass is 216 g/mol. The van der Waals surface area contributed by atoms with E-state index in [0.717, 1.165) is 36.3 Å². The molecule has 2 aromatic heterocycles. The second-order valence-corrected chi connectivity index (χ2v) is 4.65. The summed E-state index contributed by atoms with van der Waals surface area (Å²) in [6, 6.07) is 4.36. The molecular formula is C12H16N4. The van der Waals surface area contributed by atoms with Crippen molar-refractivity contribution in [1.29, 1.82) is 0 Å². The summed E-state index contributed by atoms with van der Waals surface area (Å²) >= 11 is 0. The predicted molar refractivity (Wildman–Crippen MR) is 63.1 cm³/mol. The van der Waals surface area contributed by atoms with Gasteiger partial charge in [0, 0.05) is 25.2 Å². The smallest absolute Gasteiger partial charge is 0.177 e. The molecule has 2 heterocycles. The van der Waals surface area contributed by atoms with Crippen molar-refractivity contribution >= 4 is 11.2 Å². The summed E-state index contributed by atoms with van der Waals surface area (Å²) in [5.41, 5.74) is 7.91. The molecule has 0 bridgehead atoms. The minimum absolute atomic E-state index is 0.345. The van der Waals surface area contributed by atoms with E-state index in [0.29, 0.717) is 12.0 Å². The second-order valence-electron chi connectivity index (χ2n) is 4.65. The van der Waals surface area contributed by atoms with Crippen molar-refractivity contribution < 1.29 is 0 Å². The first kappa shape index (κ1) is 9.78. The van der Waals surface area contributed by atoms with Gasteiger partial charge in [0.2, 0.25) is 0 Å². The predicted octanol–water partition coefficient (Wildman–Crippen LogP) is 1.56. The van der Waals surface area contributed by atoms with Gasteiger partial charge in [0.25, 0.3) is 0 Å². The van der Waals surface area contributed by atoms with Crippen molar-refractivity contribution in [3.8, 4) is 0 Å². The summed E-state index contributed by atoms with van der Waals surface area (Å²) in [6.07, 6.45) is 5.11. The van der Waals surface area contributed by atoms with Gasteiger partial charge in [0.15, 0.2) is 5.65 Å². The normalized spacial score (nSPS) is 25.4. The van der Waals surface area contributed by atoms with Gasteiger partial charge in [0.05, 0.1) is 5.52 Å². The Kier molecular flexibility index (Phi) is 2.17. The molecule has 2 unspecified atom stereocenters. The quantitative estimate of drug-likeness (QED) is 0.787. The molecule has 1 fully saturated rings. The molecule has 0 aromatic carbocycles. The van der Waals surface area contributed by atoms with E-state index in [4.69, 9.17) is 5.73 Å². The van der Waals surface area contributed by atoms with E-state index in [1.807, 2.05) is 6.07 Å². The highest BCUT2D eigenvalue weighted by Gasteiger charge is 2.27. The zero-order chi connectivity index (χ0) is 11.1. The first-order valence-electron chi connectivity index (χ1n) is 5.78. The Balaban J connectivity index is 2.07. The fourth-order valence-corrected chi connectivity index (χ4v) is 2.66. The number of aryl methyl sites for hydroxylation is 1. The van der Waals surface area contributed by atoms with E-state index in [9.17, 15) is 0 Å². The highest BCUT2D eigenvalue weighted by molar-refractivity contribution is 5.71. The number of imidazole rings is 1. The lowest BCUT2D eigenvalue weighted by atomic mass is 10.1. The van der Waals surface area contributed by atoms with Gasteiger partial charge in [-0.1, -0.05) is 0 Å². The van der Waals surface area contributed by atoms with Crippen molar-refractivity contribution in [3.63, 3.8) is 0 Å². The Hall–Kier alpha value is -1.42. The van der Waals surface area contributed by atoms with Crippen molar-refractivity contribution in [2.75, 3.05) is 0 Å². The molecule has 2 N–H and O–H groups in total. The molecule has 1 aliphatic carbocycles. The number of hydrogen-bond donors (Lipinski definition) is 1. The maximum atomic E-state index is 5.95. The number of pyridine rings is 1. The van der Waals surface area contributed by atoms with Crippen LogP contribution in [0.5, 0.6) is 0 Å². The minimum Gasteiger partial charge on any atom is -0.330 e. The number of hydrogen-bond acceptors (Lipinski definition) is 3. The Bertz CT molecular complexity index is 517. The van der Waals surface area contributed by atoms with Crippen LogP contribution < -0.4 is 5.73 Å². The number of aromatic nitrogens is 3. The molecule has 84 valence electrons. The molecule has 0 spiro atoms. The van der Waals surface area contributed by atoms with Gasteiger partial charge in [-0.15, -0.1) is 0 Å². The molecule has 0 amide bonds. The van der Waals surface area contributed by atoms with E-state index in [-0.39, 0.29) is 0 Å². The molecule has 0 aliphatic heterocycles. The van der Waals surface area contributed by atoms with E-state index < -0.39 is 0 Å². The lowest BCUT2D eigenvalue weighted by Gasteiger charge is -2.09. The van der Waals surface area contributed by atoms with Crippen molar-refractivity contribution in [2.24, 2.45) is 12.8 Å². The summed E-state index contributed by atoms with van der Waals surface area (Å²) in [4.78, 5) is 8.91. The lowest BCUT2D eigenvalue weighted by Crippen LogP contribution is -2.15. The third-order valence-electron chi connectivity index (χ3n) is 3.53. The largest absolute Gasteiger partial charge is 0.330 e. The van der Waals surface area contributed by atoms with Crippen LogP contribution in [0.15, 0.2) is 18.3 Å². The topological polar surface area (TPSA) is 56.7 Å². The fraction of sp³-hybridized carbons (Fsp3) is 0.500. The van der Waals surface area contributed by atoms with Crippen LogP contribution in [0.2, 0.25) is 0 Å². The van der Waals surface area contributed by atoms with Crippen LogP contribution in [0.3, 0.4) is 0 Å². The molecule has 1 saturated carbocycles. The highest BCUT2D eigenvalue weighted by Crippen LogP contribution is 2.33. The van der Waals surface area contributed by atoms with Crippen molar-refractivity contribution in [1.82, 2.24) is 14.5 Å². The Morgan fingerprint density at radius 2 is 2.31 bits per heavy atom. The zero-order valence-electron chi connectivity index (χ0n) is 9.43. The van der Waals surface area contributed by atoms with E-state index in [2.05, 4.69) is 27.6 Å². The van der Waals surface area contributed by atoms with E-state index in [1.54, 1.807) is 6.20 Å². The molecule has 0 saturated heterocycles. The first-order valence-corrected chi connectivity index (χ1v) is 5.78. The van der Waals surface area contributed by atoms with Crippen molar-refractivity contribution in [2.45, 2.75) is 31.2 Å². The average Bonchev–Trinajstić information content (AvgIpc) is 2.84. The summed E-state index contributed by atoms with van der Waals surface area (Å²) in [6.45, 7) is 0. The van der Waals surface area contributed by atoms with Crippen LogP contribution in [-0.4, -0.2) is 20.6 Å². The maximum Gasteiger partial charge on any atom is 0.177 e. The van der Waals surface area contributed by atoms with Crippen LogP contribution in [0, 0.1) is 0 Å². The number of fused-ring (bicyclic) bond motifs is 1. The SMILES string of the molecule is Cn1c(C2CCC(N)C2)nc2ncccc21. The van der Waals surface area contributed by atoms with E-state index in [1.165, 1.54) is 0 Å². The fourth-order valence-electron chi connectivity index (χ4n) is 2.66. The molecule has 4 nitrogen and oxygen atoms in total. The number of rotatable bonds is 1. The summed E-state index contributed by atoms with van der Waals surface area (Å²) < 4.78 is 2.16. The standard InChI is InChI=1S/C12H16N4/c1-16-10-3-2-6-14-11(10)15-12(16)8-4-5-9(13)7-8/h2-3,6,8-9H,4-5,7,13H2,1H3. The number of nitrogens with zero attached hydrogens (tertiary/aromatic N) is 3. The molecule has 2 aromatic rings. The van der Waals surface area contributed by atoms with Gasteiger partial charge in [-0.05, 0) is 31.4 Å². The summed E-state index contributed by atoms with van der Waals surface area (Å²) in [5.74, 6) is 1.65. The molecule has 4 heteroatoms. The molecular weight excluding hydrogens is 200 g/mol. The van der Waals surface area contributed by atoms with Gasteiger partial charge < -0.3 is 10.3 Å². The lowest BCUT2D eigenvalue weighted by molar-refractivity contribution is 0.621. The molecule has 3 rings (SSSR count). The molecule has 0 radical (unpaired) electrons. The maximum absolute atomic E-state index is 5.95.